The molecule has 0 saturated carbocycles. The van der Waals surface area contributed by atoms with Gasteiger partial charge in [0.15, 0.2) is 0 Å². The number of hydrogen-bond acceptors (Lipinski definition) is 4. The number of fused-ring (bicyclic) bond motifs is 2. The summed E-state index contributed by atoms with van der Waals surface area (Å²) in [6, 6.07) is 16.5. The minimum Gasteiger partial charge on any atom is -0.343 e. The van der Waals surface area contributed by atoms with Crippen LogP contribution < -0.4 is 5.69 Å². The van der Waals surface area contributed by atoms with Gasteiger partial charge in [-0.05, 0) is 61.0 Å². The Bertz CT molecular complexity index is 1720. The highest BCUT2D eigenvalue weighted by atomic mass is 35.5. The van der Waals surface area contributed by atoms with Crippen LogP contribution >= 0.6 is 23.2 Å². The van der Waals surface area contributed by atoms with Gasteiger partial charge in [-0.3, -0.25) is 14.1 Å². The molecule has 10 heteroatoms. The van der Waals surface area contributed by atoms with Crippen LogP contribution in [0, 0.1) is 0 Å². The van der Waals surface area contributed by atoms with Crippen molar-refractivity contribution in [2.75, 3.05) is 12.0 Å². The molecule has 5 rings (SSSR count). The van der Waals surface area contributed by atoms with Crippen LogP contribution in [0.25, 0.3) is 27.6 Å². The third-order valence-electron chi connectivity index (χ3n) is 5.98. The number of aromatic nitrogens is 4. The average molecular weight is 529 g/mol. The van der Waals surface area contributed by atoms with Crippen molar-refractivity contribution < 1.29 is 8.42 Å². The summed E-state index contributed by atoms with van der Waals surface area (Å²) < 4.78 is 28.8. The Morgan fingerprint density at radius 3 is 2.37 bits per heavy atom. The fourth-order valence-corrected chi connectivity index (χ4v) is 5.40. The van der Waals surface area contributed by atoms with Crippen LogP contribution in [0.4, 0.5) is 0 Å². The van der Waals surface area contributed by atoms with Crippen molar-refractivity contribution in [2.24, 2.45) is 0 Å². The van der Waals surface area contributed by atoms with Crippen molar-refractivity contribution in [3.8, 4) is 5.69 Å². The fourth-order valence-electron chi connectivity index (χ4n) is 4.44. The van der Waals surface area contributed by atoms with Gasteiger partial charge in [0.05, 0.1) is 35.2 Å². The van der Waals surface area contributed by atoms with E-state index in [1.165, 1.54) is 6.26 Å². The Morgan fingerprint density at radius 2 is 1.63 bits per heavy atom. The number of rotatable bonds is 7. The van der Waals surface area contributed by atoms with E-state index in [0.29, 0.717) is 34.2 Å². The first-order valence-corrected chi connectivity index (χ1v) is 13.8. The third kappa shape index (κ3) is 4.74. The molecule has 0 N–H and O–H groups in total. The quantitative estimate of drug-likeness (QED) is 0.300. The lowest BCUT2D eigenvalue weighted by Gasteiger charge is -2.11. The number of hydrogen-bond donors (Lipinski definition) is 0. The third-order valence-corrected chi connectivity index (χ3v) is 7.50. The highest BCUT2D eigenvalue weighted by Gasteiger charge is 2.18. The van der Waals surface area contributed by atoms with Crippen LogP contribution in [0.5, 0.6) is 0 Å². The predicted octanol–water partition coefficient (Wildman–Crippen LogP) is 4.93. The molecule has 5 aromatic rings. The summed E-state index contributed by atoms with van der Waals surface area (Å²) >= 11 is 12.3. The summed E-state index contributed by atoms with van der Waals surface area (Å²) in [5, 5.41) is 2.13. The minimum absolute atomic E-state index is 0.0828. The lowest BCUT2D eigenvalue weighted by atomic mass is 10.2. The van der Waals surface area contributed by atoms with E-state index in [0.717, 1.165) is 22.1 Å². The molecule has 0 spiro atoms. The van der Waals surface area contributed by atoms with Crippen molar-refractivity contribution in [3.05, 3.63) is 93.2 Å². The molecule has 0 fully saturated rings. The van der Waals surface area contributed by atoms with Gasteiger partial charge in [-0.2, -0.15) is 0 Å². The molecule has 2 aromatic carbocycles. The van der Waals surface area contributed by atoms with Crippen molar-refractivity contribution in [3.63, 3.8) is 0 Å². The van der Waals surface area contributed by atoms with Gasteiger partial charge in [0.25, 0.3) is 0 Å². The number of imidazole rings is 1. The first-order chi connectivity index (χ1) is 16.7. The molecule has 0 unspecified atom stereocenters. The van der Waals surface area contributed by atoms with Crippen LogP contribution in [0.2, 0.25) is 10.0 Å². The molecule has 0 aliphatic carbocycles. The molecule has 0 atom stereocenters. The molecule has 0 aliphatic rings. The zero-order chi connectivity index (χ0) is 24.7. The molecule has 0 radical (unpaired) electrons. The molecule has 0 saturated heterocycles. The number of benzene rings is 2. The highest BCUT2D eigenvalue weighted by molar-refractivity contribution is 7.90. The second-order valence-electron chi connectivity index (χ2n) is 8.52. The maximum atomic E-state index is 13.7. The minimum atomic E-state index is -3.09. The second kappa shape index (κ2) is 9.18. The lowest BCUT2D eigenvalue weighted by molar-refractivity contribution is 0.589. The van der Waals surface area contributed by atoms with Gasteiger partial charge in [0, 0.05) is 45.6 Å². The molecular formula is C25H22Cl2N4O3S. The van der Waals surface area contributed by atoms with Crippen LogP contribution in [0.1, 0.15) is 12.1 Å². The van der Waals surface area contributed by atoms with Crippen molar-refractivity contribution >= 4 is 55.0 Å². The van der Waals surface area contributed by atoms with Gasteiger partial charge in [-0.25, -0.2) is 13.2 Å². The average Bonchev–Trinajstić information content (AvgIpc) is 3.28. The molecule has 0 bridgehead atoms. The first kappa shape index (κ1) is 23.7. The van der Waals surface area contributed by atoms with E-state index in [4.69, 9.17) is 23.2 Å². The topological polar surface area (TPSA) is 78.9 Å². The molecule has 35 heavy (non-hydrogen) atoms. The molecule has 0 amide bonds. The van der Waals surface area contributed by atoms with Gasteiger partial charge in [0.1, 0.15) is 9.84 Å². The van der Waals surface area contributed by atoms with Crippen LogP contribution in [0.15, 0.2) is 71.8 Å². The van der Waals surface area contributed by atoms with E-state index in [-0.39, 0.29) is 18.0 Å². The zero-order valence-electron chi connectivity index (χ0n) is 18.9. The molecular weight excluding hydrogens is 507 g/mol. The summed E-state index contributed by atoms with van der Waals surface area (Å²) in [7, 11) is -3.09. The summed E-state index contributed by atoms with van der Waals surface area (Å²) in [6.07, 6.45) is 5.03. The number of nitrogens with zero attached hydrogens (tertiary/aromatic N) is 4. The number of sulfone groups is 1. The summed E-state index contributed by atoms with van der Waals surface area (Å²) in [4.78, 5) is 17.9. The fraction of sp³-hybridized carbons (Fsp3) is 0.200. The molecule has 7 nitrogen and oxygen atoms in total. The molecule has 0 aliphatic heterocycles. The van der Waals surface area contributed by atoms with Gasteiger partial charge < -0.3 is 4.57 Å². The summed E-state index contributed by atoms with van der Waals surface area (Å²) in [5.41, 5.74) is 3.73. The Labute approximate surface area is 212 Å². The van der Waals surface area contributed by atoms with E-state index >= 15 is 0 Å². The molecule has 3 aromatic heterocycles. The monoisotopic (exact) mass is 528 g/mol. The van der Waals surface area contributed by atoms with Crippen LogP contribution in [0.3, 0.4) is 0 Å². The van der Waals surface area contributed by atoms with Gasteiger partial charge in [-0.1, -0.05) is 23.2 Å². The lowest BCUT2D eigenvalue weighted by Crippen LogP contribution is -2.24. The smallest absolute Gasteiger partial charge is 0.334 e. The normalized spacial score (nSPS) is 12.1. The van der Waals surface area contributed by atoms with Crippen molar-refractivity contribution in [1.29, 1.82) is 0 Å². The molecule has 180 valence electrons. The van der Waals surface area contributed by atoms with E-state index in [1.54, 1.807) is 45.8 Å². The summed E-state index contributed by atoms with van der Waals surface area (Å²) in [5.74, 6) is 0.0828. The van der Waals surface area contributed by atoms with Gasteiger partial charge >= 0.3 is 5.69 Å². The number of pyridine rings is 1. The molecule has 3 heterocycles. The Balaban J connectivity index is 1.63. The van der Waals surface area contributed by atoms with Crippen LogP contribution in [-0.4, -0.2) is 39.1 Å². The maximum absolute atomic E-state index is 13.7. The Morgan fingerprint density at radius 1 is 0.886 bits per heavy atom. The maximum Gasteiger partial charge on any atom is 0.334 e. The van der Waals surface area contributed by atoms with Crippen molar-refractivity contribution in [1.82, 2.24) is 18.7 Å². The largest absolute Gasteiger partial charge is 0.343 e. The van der Waals surface area contributed by atoms with E-state index < -0.39 is 9.84 Å². The zero-order valence-corrected chi connectivity index (χ0v) is 21.2. The number of halogens is 2. The van der Waals surface area contributed by atoms with Gasteiger partial charge in [0.2, 0.25) is 0 Å². The van der Waals surface area contributed by atoms with Gasteiger partial charge in [-0.15, -0.1) is 0 Å². The summed E-state index contributed by atoms with van der Waals surface area (Å²) in [6.45, 7) is 0.781. The SMILES string of the molecule is CS(=O)(=O)CCCn1c(Cn2c(=O)n(-c3ccc(Cl)cc3)c3ccncc32)cc2cc(Cl)ccc21. The predicted molar refractivity (Wildman–Crippen MR) is 141 cm³/mol. The number of aryl methyl sites for hydroxylation is 1. The Kier molecular flexibility index (Phi) is 6.21. The van der Waals surface area contributed by atoms with E-state index in [9.17, 15) is 13.2 Å². The highest BCUT2D eigenvalue weighted by Crippen LogP contribution is 2.26. The van der Waals surface area contributed by atoms with E-state index in [1.807, 2.05) is 30.3 Å². The second-order valence-corrected chi connectivity index (χ2v) is 11.7. The van der Waals surface area contributed by atoms with Crippen LogP contribution in [-0.2, 0) is 22.9 Å². The van der Waals surface area contributed by atoms with Crippen molar-refractivity contribution in [2.45, 2.75) is 19.5 Å². The first-order valence-electron chi connectivity index (χ1n) is 11.0. The Hall–Kier alpha value is -3.07. The van der Waals surface area contributed by atoms with E-state index in [2.05, 4.69) is 9.55 Å². The standard InChI is InChI=1S/C25H22Cl2N4O3S/c1-35(33,34)12-2-11-29-21(14-17-13-19(27)5-8-22(17)29)16-30-24-15-28-10-9-23(24)31(25(30)32)20-6-3-18(26)4-7-20/h3-10,13-15H,2,11-12,16H2,1H3.